The summed E-state index contributed by atoms with van der Waals surface area (Å²) in [5.41, 5.74) is 7.66. The van der Waals surface area contributed by atoms with Gasteiger partial charge in [-0.25, -0.2) is 0 Å². The first-order chi connectivity index (χ1) is 10.8. The minimum absolute atomic E-state index is 1.04. The summed E-state index contributed by atoms with van der Waals surface area (Å²) in [7, 11) is 2.19. The highest BCUT2D eigenvalue weighted by atomic mass is 15.1. The minimum atomic E-state index is 1.04. The van der Waals surface area contributed by atoms with Crippen LogP contribution in [0.5, 0.6) is 0 Å². The van der Waals surface area contributed by atoms with E-state index < -0.39 is 0 Å². The van der Waals surface area contributed by atoms with Crippen LogP contribution in [-0.4, -0.2) is 28.5 Å². The second-order valence-electron chi connectivity index (χ2n) is 5.99. The first-order valence-electron chi connectivity index (χ1n) is 7.70. The van der Waals surface area contributed by atoms with Crippen molar-refractivity contribution < 1.29 is 0 Å². The zero-order chi connectivity index (χ0) is 14.9. The van der Waals surface area contributed by atoms with Gasteiger partial charge in [-0.05, 0) is 60.5 Å². The molecule has 0 amide bonds. The van der Waals surface area contributed by atoms with E-state index in [2.05, 4.69) is 52.2 Å². The first kappa shape index (κ1) is 13.3. The first-order valence-corrected chi connectivity index (χ1v) is 7.70. The quantitative estimate of drug-likeness (QED) is 0.779. The molecule has 22 heavy (non-hydrogen) atoms. The summed E-state index contributed by atoms with van der Waals surface area (Å²) in [6.07, 6.45) is 4.80. The molecule has 0 unspecified atom stereocenters. The van der Waals surface area contributed by atoms with Crippen LogP contribution in [0.2, 0.25) is 0 Å². The third kappa shape index (κ3) is 2.44. The fourth-order valence-electron chi connectivity index (χ4n) is 3.13. The van der Waals surface area contributed by atoms with Crippen LogP contribution in [0.3, 0.4) is 0 Å². The van der Waals surface area contributed by atoms with Gasteiger partial charge in [-0.3, -0.25) is 4.98 Å². The monoisotopic (exact) mass is 289 g/mol. The molecular formula is C19H19N3. The molecule has 0 saturated heterocycles. The van der Waals surface area contributed by atoms with Crippen molar-refractivity contribution >= 4 is 0 Å². The topological polar surface area (TPSA) is 31.9 Å². The van der Waals surface area contributed by atoms with Crippen LogP contribution in [0.15, 0.2) is 54.9 Å². The number of hydrogen-bond acceptors (Lipinski definition) is 2. The van der Waals surface area contributed by atoms with E-state index in [4.69, 9.17) is 0 Å². The van der Waals surface area contributed by atoms with Gasteiger partial charge in [-0.2, -0.15) is 0 Å². The average Bonchev–Trinajstić information content (AvgIpc) is 3.05. The van der Waals surface area contributed by atoms with Crippen LogP contribution < -0.4 is 0 Å². The fourth-order valence-corrected chi connectivity index (χ4v) is 3.13. The number of nitrogens with zero attached hydrogens (tertiary/aromatic N) is 2. The van der Waals surface area contributed by atoms with Crippen LogP contribution in [0, 0.1) is 0 Å². The summed E-state index contributed by atoms with van der Waals surface area (Å²) in [4.78, 5) is 9.97. The Labute approximate surface area is 130 Å². The Morgan fingerprint density at radius 3 is 2.50 bits per heavy atom. The van der Waals surface area contributed by atoms with Crippen LogP contribution in [0.4, 0.5) is 0 Å². The molecule has 3 nitrogen and oxygen atoms in total. The molecular weight excluding hydrogens is 270 g/mol. The highest BCUT2D eigenvalue weighted by molar-refractivity contribution is 5.68. The molecule has 0 atom stereocenters. The molecule has 0 radical (unpaired) electrons. The minimum Gasteiger partial charge on any atom is -0.355 e. The molecule has 0 saturated carbocycles. The molecule has 3 heterocycles. The van der Waals surface area contributed by atoms with E-state index in [1.807, 2.05) is 24.5 Å². The molecule has 3 heteroatoms. The van der Waals surface area contributed by atoms with Gasteiger partial charge in [-0.15, -0.1) is 0 Å². The lowest BCUT2D eigenvalue weighted by Gasteiger charge is -2.25. The van der Waals surface area contributed by atoms with E-state index in [1.54, 1.807) is 0 Å². The Kier molecular flexibility index (Phi) is 3.28. The van der Waals surface area contributed by atoms with Crippen LogP contribution in [0.1, 0.15) is 11.1 Å². The molecule has 1 N–H and O–H groups in total. The van der Waals surface area contributed by atoms with Crippen LogP contribution >= 0.6 is 0 Å². The largest absolute Gasteiger partial charge is 0.355 e. The van der Waals surface area contributed by atoms with Crippen molar-refractivity contribution in [1.82, 2.24) is 14.9 Å². The third-order valence-electron chi connectivity index (χ3n) is 4.40. The number of likely N-dealkylation sites (N-methyl/N-ethyl adjacent to an activating group) is 1. The van der Waals surface area contributed by atoms with Gasteiger partial charge in [0.15, 0.2) is 0 Å². The molecule has 3 aromatic rings. The van der Waals surface area contributed by atoms with Crippen molar-refractivity contribution in [2.24, 2.45) is 0 Å². The van der Waals surface area contributed by atoms with Crippen molar-refractivity contribution in [2.45, 2.75) is 13.0 Å². The fraction of sp³-hybridized carbons (Fsp3) is 0.211. The van der Waals surface area contributed by atoms with E-state index in [9.17, 15) is 0 Å². The second-order valence-corrected chi connectivity index (χ2v) is 5.99. The second kappa shape index (κ2) is 5.43. The lowest BCUT2D eigenvalue weighted by molar-refractivity contribution is 0.313. The normalized spacial score (nSPS) is 14.8. The Hall–Kier alpha value is -2.39. The Morgan fingerprint density at radius 1 is 0.909 bits per heavy atom. The zero-order valence-corrected chi connectivity index (χ0v) is 12.7. The molecule has 1 aliphatic heterocycles. The maximum absolute atomic E-state index is 4.07. The van der Waals surface area contributed by atoms with Crippen molar-refractivity contribution in [3.05, 3.63) is 66.0 Å². The standard InChI is InChI=1S/C19H19N3/c1-22-11-8-14-2-3-16(12-17(14)13-22)19-5-4-18(21-19)15-6-9-20-10-7-15/h2-7,9-10,12,21H,8,11,13H2,1H3. The van der Waals surface area contributed by atoms with Gasteiger partial charge in [0.05, 0.1) is 0 Å². The van der Waals surface area contributed by atoms with Crippen molar-refractivity contribution in [3.8, 4) is 22.5 Å². The Balaban J connectivity index is 1.68. The number of aromatic amines is 1. The third-order valence-corrected chi connectivity index (χ3v) is 4.40. The van der Waals surface area contributed by atoms with Gasteiger partial charge in [-0.1, -0.05) is 12.1 Å². The van der Waals surface area contributed by atoms with Crippen LogP contribution in [0.25, 0.3) is 22.5 Å². The molecule has 4 rings (SSSR count). The average molecular weight is 289 g/mol. The summed E-state index contributed by atoms with van der Waals surface area (Å²) in [6.45, 7) is 2.20. The van der Waals surface area contributed by atoms with E-state index >= 15 is 0 Å². The van der Waals surface area contributed by atoms with E-state index in [-0.39, 0.29) is 0 Å². The lowest BCUT2D eigenvalue weighted by atomic mass is 9.97. The van der Waals surface area contributed by atoms with Crippen molar-refractivity contribution in [1.29, 1.82) is 0 Å². The number of fused-ring (bicyclic) bond motifs is 1. The highest BCUT2D eigenvalue weighted by Crippen LogP contribution is 2.27. The maximum Gasteiger partial charge on any atom is 0.0459 e. The molecule has 110 valence electrons. The number of aromatic nitrogens is 2. The number of rotatable bonds is 2. The Bertz CT molecular complexity index is 789. The predicted molar refractivity (Wildman–Crippen MR) is 89.5 cm³/mol. The smallest absolute Gasteiger partial charge is 0.0459 e. The van der Waals surface area contributed by atoms with Gasteiger partial charge in [0.1, 0.15) is 0 Å². The summed E-state index contributed by atoms with van der Waals surface area (Å²) in [5.74, 6) is 0. The number of H-pyrrole nitrogens is 1. The molecule has 1 aromatic carbocycles. The van der Waals surface area contributed by atoms with Crippen LogP contribution in [-0.2, 0) is 13.0 Å². The molecule has 0 spiro atoms. The number of benzene rings is 1. The summed E-state index contributed by atoms with van der Waals surface area (Å²) >= 11 is 0. The van der Waals surface area contributed by atoms with Gasteiger partial charge in [0, 0.05) is 42.4 Å². The van der Waals surface area contributed by atoms with Gasteiger partial charge in [0.25, 0.3) is 0 Å². The maximum atomic E-state index is 4.07. The number of nitrogens with one attached hydrogen (secondary N) is 1. The molecule has 0 aliphatic carbocycles. The van der Waals surface area contributed by atoms with Gasteiger partial charge in [0.2, 0.25) is 0 Å². The zero-order valence-electron chi connectivity index (χ0n) is 12.7. The van der Waals surface area contributed by atoms with E-state index in [1.165, 1.54) is 27.9 Å². The predicted octanol–water partition coefficient (Wildman–Crippen LogP) is 3.73. The SMILES string of the molecule is CN1CCc2ccc(-c3ccc(-c4ccncc4)[nH]3)cc2C1. The number of hydrogen-bond donors (Lipinski definition) is 1. The summed E-state index contributed by atoms with van der Waals surface area (Å²) in [6, 6.07) is 15.2. The summed E-state index contributed by atoms with van der Waals surface area (Å²) < 4.78 is 0. The van der Waals surface area contributed by atoms with E-state index in [0.29, 0.717) is 0 Å². The summed E-state index contributed by atoms with van der Waals surface area (Å²) in [5, 5.41) is 0. The van der Waals surface area contributed by atoms with Gasteiger partial charge >= 0.3 is 0 Å². The number of pyridine rings is 1. The molecule has 0 fully saturated rings. The Morgan fingerprint density at radius 2 is 1.68 bits per heavy atom. The highest BCUT2D eigenvalue weighted by Gasteiger charge is 2.14. The molecule has 1 aliphatic rings. The molecule has 0 bridgehead atoms. The van der Waals surface area contributed by atoms with Crippen molar-refractivity contribution in [3.63, 3.8) is 0 Å². The van der Waals surface area contributed by atoms with Crippen molar-refractivity contribution in [2.75, 3.05) is 13.6 Å². The lowest BCUT2D eigenvalue weighted by Crippen LogP contribution is -2.26. The van der Waals surface area contributed by atoms with E-state index in [0.717, 1.165) is 25.2 Å². The van der Waals surface area contributed by atoms with Gasteiger partial charge < -0.3 is 9.88 Å². The molecule has 2 aromatic heterocycles.